The molecule has 1 saturated heterocycles. The summed E-state index contributed by atoms with van der Waals surface area (Å²) in [6, 6.07) is -13.7. The normalized spacial score (nSPS) is 27.8. The van der Waals surface area contributed by atoms with Gasteiger partial charge < -0.3 is 108 Å². The monoisotopic (exact) mass is 1990 g/mol. The predicted molar refractivity (Wildman–Crippen MR) is 517 cm³/mol. The van der Waals surface area contributed by atoms with Gasteiger partial charge in [0.05, 0.1) is 78.0 Å². The van der Waals surface area contributed by atoms with Crippen molar-refractivity contribution in [1.82, 2.24) is 55.6 Å². The van der Waals surface area contributed by atoms with Crippen molar-refractivity contribution in [2.75, 3.05) is 122 Å². The van der Waals surface area contributed by atoms with Crippen LogP contribution >= 0.6 is 0 Å². The molecule has 40 nitrogen and oxygen atoms in total. The van der Waals surface area contributed by atoms with Crippen molar-refractivity contribution in [3.63, 3.8) is 0 Å². The van der Waals surface area contributed by atoms with Gasteiger partial charge in [-0.3, -0.25) is 81.5 Å². The van der Waals surface area contributed by atoms with E-state index < -0.39 is 240 Å². The molecule has 796 valence electrons. The quantitative estimate of drug-likeness (QED) is 0.0140. The molecule has 141 heavy (non-hydrogen) atoms. The summed E-state index contributed by atoms with van der Waals surface area (Å²) in [6.07, 6.45) is 5.05. The van der Waals surface area contributed by atoms with Gasteiger partial charge in [-0.2, -0.15) is 0 Å². The van der Waals surface area contributed by atoms with Gasteiger partial charge in [0.15, 0.2) is 12.4 Å². The average Bonchev–Trinajstić information content (AvgIpc) is 1.57. The second-order valence-corrected chi connectivity index (χ2v) is 41.2. The molecule has 3 saturated carbocycles. The number of allylic oxidation sites excluding steroid dienone is 6. The zero-order chi connectivity index (χ0) is 106. The number of aliphatic hydroxyl groups is 2. The summed E-state index contributed by atoms with van der Waals surface area (Å²) in [5, 5.41) is 34.6. The van der Waals surface area contributed by atoms with E-state index in [9.17, 15) is 77.3 Å². The summed E-state index contributed by atoms with van der Waals surface area (Å²) in [5.74, 6) is -16.2. The lowest BCUT2D eigenvalue weighted by Crippen LogP contribution is -2.64. The lowest BCUT2D eigenvalue weighted by atomic mass is 9.46. The van der Waals surface area contributed by atoms with Crippen molar-refractivity contribution in [2.45, 2.75) is 306 Å². The third-order valence-corrected chi connectivity index (χ3v) is 27.9. The molecule has 0 radical (unpaired) electrons. The van der Waals surface area contributed by atoms with Gasteiger partial charge in [0, 0.05) is 66.1 Å². The number of likely N-dealkylation sites (N-methyl/N-ethyl adjacent to an activating group) is 7. The minimum Gasteiger partial charge on any atom is -0.463 e. The maximum atomic E-state index is 15.9. The average molecular weight is 2000 g/mol. The van der Waals surface area contributed by atoms with Gasteiger partial charge in [-0.25, -0.2) is 4.79 Å². The number of carbonyl (C=O) groups is 18. The highest BCUT2D eigenvalue weighted by Gasteiger charge is 2.68. The SMILES string of the molecule is C/C=C/C[C@@H](C)C(OC(=O)OCOC(=O)CCC(=O)OCCOCCOCCOCCOC(=O)CCC(=O)OCC(=O)[C@@]1(O)CCC2C3CCC4=CC(=O)C=C[C@]4(C)C3[C@@H](O)C[C@@]21C)C1C(=O)NC(CC)C(=O)N(C)CC(=O)N(C)[C@H](CC(C)C)C(=O)NC(C(C)C)C(=O)N(C)C(CC(C)C)C(=O)NC(C)C(=O)NC(C)C(=O)N(C)C(CC(C)C)C(=O)N(C)C(CC(C)C)C(=O)N(C)C(C(C)C)C(=O)N1C. The van der Waals surface area contributed by atoms with Crippen molar-refractivity contribution >= 4 is 107 Å². The van der Waals surface area contributed by atoms with E-state index in [2.05, 4.69) is 21.3 Å². The first-order chi connectivity index (χ1) is 66.0. The number of nitrogens with zero attached hydrogens (tertiary/aromatic N) is 7. The van der Waals surface area contributed by atoms with E-state index in [1.807, 2.05) is 75.3 Å². The van der Waals surface area contributed by atoms with E-state index in [-0.39, 0.29) is 164 Å². The van der Waals surface area contributed by atoms with Crippen LogP contribution in [0.3, 0.4) is 0 Å². The van der Waals surface area contributed by atoms with E-state index in [1.54, 1.807) is 72.8 Å². The van der Waals surface area contributed by atoms with Crippen LogP contribution in [0.25, 0.3) is 0 Å². The van der Waals surface area contributed by atoms with E-state index in [0.29, 0.717) is 19.3 Å². The molecule has 5 aliphatic rings. The number of ether oxygens (including phenoxy) is 9. The van der Waals surface area contributed by atoms with Crippen LogP contribution in [0.4, 0.5) is 4.79 Å². The number of carbonyl (C=O) groups excluding carboxylic acids is 18. The first kappa shape index (κ1) is 121. The molecule has 13 unspecified atom stereocenters. The lowest BCUT2D eigenvalue weighted by molar-refractivity contribution is -0.181. The Balaban J connectivity index is 1.24. The van der Waals surface area contributed by atoms with Crippen molar-refractivity contribution in [3.05, 3.63) is 36.0 Å². The summed E-state index contributed by atoms with van der Waals surface area (Å²) < 4.78 is 48.5. The molecule has 11 amide bonds. The van der Waals surface area contributed by atoms with Crippen LogP contribution in [0.1, 0.15) is 228 Å². The summed E-state index contributed by atoms with van der Waals surface area (Å²) in [4.78, 5) is 264. The summed E-state index contributed by atoms with van der Waals surface area (Å²) >= 11 is 0. The van der Waals surface area contributed by atoms with E-state index in [4.69, 9.17) is 42.6 Å². The Labute approximate surface area is 831 Å². The molecule has 0 aromatic heterocycles. The molecule has 19 atom stereocenters. The van der Waals surface area contributed by atoms with Crippen molar-refractivity contribution in [2.24, 2.45) is 70.0 Å². The van der Waals surface area contributed by atoms with Crippen LogP contribution in [-0.4, -0.2) is 351 Å². The Morgan fingerprint density at radius 2 is 0.979 bits per heavy atom. The van der Waals surface area contributed by atoms with Gasteiger partial charge in [-0.15, -0.1) is 0 Å². The fourth-order valence-corrected chi connectivity index (χ4v) is 19.9. The predicted octanol–water partition coefficient (Wildman–Crippen LogP) is 5.75. The number of aliphatic hydroxyl groups excluding tert-OH is 1. The largest absolute Gasteiger partial charge is 0.511 e. The van der Waals surface area contributed by atoms with E-state index >= 15 is 19.2 Å². The second kappa shape index (κ2) is 56.1. The number of ketones is 2. The number of hydrogen-bond donors (Lipinski definition) is 6. The zero-order valence-electron chi connectivity index (χ0n) is 88.0. The number of rotatable bonds is 39. The van der Waals surface area contributed by atoms with Crippen molar-refractivity contribution in [1.29, 1.82) is 0 Å². The Morgan fingerprint density at radius 1 is 0.511 bits per heavy atom. The molecule has 5 rings (SSSR count). The molecule has 0 aromatic rings. The molecule has 4 aliphatic carbocycles. The van der Waals surface area contributed by atoms with Crippen LogP contribution in [-0.2, 0) is 124 Å². The Morgan fingerprint density at radius 3 is 1.49 bits per heavy atom. The third kappa shape index (κ3) is 33.4. The highest BCUT2D eigenvalue weighted by molar-refractivity contribution is 6.02. The molecule has 1 aliphatic heterocycles. The van der Waals surface area contributed by atoms with Gasteiger partial charge in [0.1, 0.15) is 85.3 Å². The maximum Gasteiger partial charge on any atom is 0.511 e. The Bertz CT molecular complexity index is 4420. The number of esters is 4. The van der Waals surface area contributed by atoms with Gasteiger partial charge in [-0.1, -0.05) is 135 Å². The molecule has 4 fully saturated rings. The van der Waals surface area contributed by atoms with Crippen molar-refractivity contribution in [3.8, 4) is 0 Å². The number of hydrogen-bond acceptors (Lipinski definition) is 29. The number of fused-ring (bicyclic) bond motifs is 5. The lowest BCUT2D eigenvalue weighted by Gasteiger charge is -2.59. The van der Waals surface area contributed by atoms with Crippen LogP contribution in [0.15, 0.2) is 36.0 Å². The summed E-state index contributed by atoms with van der Waals surface area (Å²) in [5.41, 5.74) is -2.36. The first-order valence-corrected chi connectivity index (χ1v) is 49.7. The summed E-state index contributed by atoms with van der Waals surface area (Å²) in [7, 11) is 9.44. The Hall–Kier alpha value is -10.3. The zero-order valence-corrected chi connectivity index (χ0v) is 88.0. The number of nitrogens with one attached hydrogen (secondary N) is 4. The van der Waals surface area contributed by atoms with Crippen LogP contribution < -0.4 is 21.3 Å². The smallest absolute Gasteiger partial charge is 0.463 e. The molecule has 0 aromatic carbocycles. The third-order valence-electron chi connectivity index (χ3n) is 27.9. The van der Waals surface area contributed by atoms with Gasteiger partial charge in [0.2, 0.25) is 77.6 Å². The fraction of sp³-hybridized carbons (Fsp3) is 0.762. The highest BCUT2D eigenvalue weighted by Crippen LogP contribution is 2.67. The molecule has 6 N–H and O–H groups in total. The molecule has 1 heterocycles. The van der Waals surface area contributed by atoms with Crippen LogP contribution in [0.5, 0.6) is 0 Å². The molecular weight excluding hydrogens is 1830 g/mol. The van der Waals surface area contributed by atoms with Crippen LogP contribution in [0.2, 0.25) is 0 Å². The molecule has 0 bridgehead atoms. The number of Topliss-reactive ketones (excluding diaryl/α,β-unsaturated/α-hetero) is 1. The standard InChI is InChI=1S/C101H163N11O29/c1-27-29-30-64(15)87(141-98(131)140-57-139-82(120)36-34-80(118)137-48-46-135-44-42-133-41-43-134-45-47-136-79(117)33-35-81(119)138-56-77(115)101(132)40-38-70-69-32-31-67-53-68(113)37-39-99(67,18)83(69)76(114)54-100(70,101)19)86-91(124)104-71(28-2)93(126)106(20)55-78(116)107(21)72(49-58(3)4)90(123)105-84(62(11)12)96(129)108(22)73(50-59(5)6)89(122)102-65(16)88(121)103-66(17)92(125)109(23)74(51-60(7)8)94(127)110(24)75(52-61(9)10)95(128)111(25)85(63(13)14)97(130)112(86)26/h27,29,37,39,53,58-66,69-76,83-87,114,132H,28,30-36,38,40-52,54-57H2,1-26H3,(H,102,122)(H,103,121)(H,104,124)(H,105,123)/b29-27+/t64-,65?,66?,69?,70?,71?,72-,73?,74?,75?,76+,83?,84?,85?,86?,87?,99+,100+,101+/m1/s1. The second-order valence-electron chi connectivity index (χ2n) is 41.2. The highest BCUT2D eigenvalue weighted by atomic mass is 16.8. The molecule has 40 heteroatoms. The summed E-state index contributed by atoms with van der Waals surface area (Å²) in [6.45, 7) is 30.4. The van der Waals surface area contributed by atoms with Gasteiger partial charge in [0.25, 0.3) is 0 Å². The number of amides is 11. The van der Waals surface area contributed by atoms with E-state index in [1.165, 1.54) is 77.9 Å². The Kier molecular flexibility index (Phi) is 48.2. The molecule has 0 spiro atoms. The van der Waals surface area contributed by atoms with Crippen LogP contribution in [0, 0.1) is 70.0 Å². The topological polar surface area (TPSA) is 502 Å². The van der Waals surface area contributed by atoms with E-state index in [0.717, 1.165) is 25.2 Å². The van der Waals surface area contributed by atoms with Gasteiger partial charge >= 0.3 is 30.0 Å². The minimum absolute atomic E-state index is 0.00752. The first-order valence-electron chi connectivity index (χ1n) is 49.7. The maximum absolute atomic E-state index is 15.9. The van der Waals surface area contributed by atoms with Gasteiger partial charge in [-0.05, 0) is 157 Å². The van der Waals surface area contributed by atoms with Crippen molar-refractivity contribution < 1.29 is 139 Å². The minimum atomic E-state index is -1.92. The molecular formula is C101H163N11O29. The fourth-order valence-electron chi connectivity index (χ4n) is 19.9.